The van der Waals surface area contributed by atoms with Gasteiger partial charge in [-0.05, 0) is 25.1 Å². The number of nitrogens with zero attached hydrogens (tertiary/aromatic N) is 4. The fourth-order valence-corrected chi connectivity index (χ4v) is 3.31. The monoisotopic (exact) mass is 388 g/mol. The molecule has 0 saturated carbocycles. The van der Waals surface area contributed by atoms with Crippen molar-refractivity contribution >= 4 is 23.0 Å². The number of nitro groups is 2. The maximum atomic E-state index is 13.9. The number of amides is 1. The minimum atomic E-state index is -0.690. The summed E-state index contributed by atoms with van der Waals surface area (Å²) in [7, 11) is 0. The van der Waals surface area contributed by atoms with Gasteiger partial charge in [0.2, 0.25) is 0 Å². The van der Waals surface area contributed by atoms with Gasteiger partial charge < -0.3 is 9.80 Å². The molecule has 1 heterocycles. The van der Waals surface area contributed by atoms with E-state index in [2.05, 4.69) is 0 Å². The number of hydrogen-bond donors (Lipinski definition) is 0. The summed E-state index contributed by atoms with van der Waals surface area (Å²) in [4.78, 5) is 36.8. The second-order valence-corrected chi connectivity index (χ2v) is 6.46. The molecule has 1 fully saturated rings. The average molecular weight is 388 g/mol. The van der Waals surface area contributed by atoms with Crippen molar-refractivity contribution < 1.29 is 19.0 Å². The predicted octanol–water partition coefficient (Wildman–Crippen LogP) is 2.99. The topological polar surface area (TPSA) is 110 Å². The first kappa shape index (κ1) is 19.2. The Morgan fingerprint density at radius 2 is 1.82 bits per heavy atom. The molecule has 0 aliphatic carbocycles. The Labute approximate surface area is 159 Å². The van der Waals surface area contributed by atoms with Crippen LogP contribution in [-0.2, 0) is 0 Å². The molecule has 2 aromatic rings. The van der Waals surface area contributed by atoms with E-state index in [0.717, 1.165) is 6.07 Å². The van der Waals surface area contributed by atoms with Gasteiger partial charge in [-0.1, -0.05) is 12.1 Å². The number of hydrogen-bond acceptors (Lipinski definition) is 6. The number of rotatable bonds is 4. The van der Waals surface area contributed by atoms with Gasteiger partial charge in [-0.2, -0.15) is 0 Å². The number of halogens is 1. The van der Waals surface area contributed by atoms with E-state index in [-0.39, 0.29) is 48.3 Å². The zero-order valence-electron chi connectivity index (χ0n) is 14.9. The maximum Gasteiger partial charge on any atom is 0.299 e. The third kappa shape index (κ3) is 3.61. The highest BCUT2D eigenvalue weighted by Crippen LogP contribution is 2.33. The third-order valence-electron chi connectivity index (χ3n) is 4.70. The maximum absolute atomic E-state index is 13.9. The Bertz CT molecular complexity index is 951. The summed E-state index contributed by atoms with van der Waals surface area (Å²) < 4.78 is 13.9. The Morgan fingerprint density at radius 1 is 1.11 bits per heavy atom. The number of benzene rings is 2. The molecule has 1 saturated heterocycles. The molecule has 28 heavy (non-hydrogen) atoms. The molecule has 2 aromatic carbocycles. The van der Waals surface area contributed by atoms with Crippen molar-refractivity contribution in [3.63, 3.8) is 0 Å². The van der Waals surface area contributed by atoms with Gasteiger partial charge >= 0.3 is 0 Å². The summed E-state index contributed by atoms with van der Waals surface area (Å²) in [5, 5.41) is 22.3. The van der Waals surface area contributed by atoms with Crippen LogP contribution in [0.5, 0.6) is 0 Å². The number of carbonyl (C=O) groups excluding carboxylic acids is 1. The van der Waals surface area contributed by atoms with E-state index in [0.29, 0.717) is 0 Å². The van der Waals surface area contributed by atoms with Crippen LogP contribution in [0, 0.1) is 26.0 Å². The molecule has 0 radical (unpaired) electrons. The van der Waals surface area contributed by atoms with Crippen molar-refractivity contribution in [2.75, 3.05) is 24.5 Å². The molecule has 0 bridgehead atoms. The summed E-state index contributed by atoms with van der Waals surface area (Å²) in [6.07, 6.45) is 0. The minimum absolute atomic E-state index is 0.0240. The highest BCUT2D eigenvalue weighted by atomic mass is 19.1. The summed E-state index contributed by atoms with van der Waals surface area (Å²) in [5.74, 6) is -1.04. The van der Waals surface area contributed by atoms with E-state index in [9.17, 15) is 29.4 Å². The lowest BCUT2D eigenvalue weighted by molar-refractivity contribution is -0.393. The molecule has 1 amide bonds. The van der Waals surface area contributed by atoms with Crippen LogP contribution in [0.4, 0.5) is 21.5 Å². The van der Waals surface area contributed by atoms with Crippen LogP contribution in [0.15, 0.2) is 42.5 Å². The fraction of sp³-hybridized carbons (Fsp3) is 0.278. The third-order valence-corrected chi connectivity index (χ3v) is 4.70. The van der Waals surface area contributed by atoms with E-state index in [1.165, 1.54) is 35.2 Å². The molecular formula is C18H17FN4O5. The van der Waals surface area contributed by atoms with E-state index in [1.807, 2.05) is 0 Å². The lowest BCUT2D eigenvalue weighted by Crippen LogP contribution is -2.54. The van der Waals surface area contributed by atoms with E-state index >= 15 is 0 Å². The van der Waals surface area contributed by atoms with Gasteiger partial charge in [0.25, 0.3) is 17.3 Å². The van der Waals surface area contributed by atoms with Crippen LogP contribution in [0.1, 0.15) is 17.3 Å². The standard InChI is InChI=1S/C18H17FN4O5/c1-12-11-20(16-7-6-13(22(25)26)10-17(16)23(27)28)8-9-21(12)18(24)14-4-2-3-5-15(14)19/h2-7,10,12H,8-9,11H2,1H3/t12-/m1/s1. The molecule has 1 aliphatic rings. The normalized spacial score (nSPS) is 16.7. The van der Waals surface area contributed by atoms with E-state index in [1.54, 1.807) is 17.9 Å². The molecule has 1 aliphatic heterocycles. The molecular weight excluding hydrogens is 371 g/mol. The van der Waals surface area contributed by atoms with E-state index < -0.39 is 21.6 Å². The molecule has 3 rings (SSSR count). The van der Waals surface area contributed by atoms with Gasteiger partial charge in [0.15, 0.2) is 0 Å². The fourth-order valence-electron chi connectivity index (χ4n) is 3.31. The van der Waals surface area contributed by atoms with Crippen LogP contribution in [0.2, 0.25) is 0 Å². The molecule has 1 atom stereocenters. The van der Waals surface area contributed by atoms with Crippen LogP contribution in [0.3, 0.4) is 0 Å². The lowest BCUT2D eigenvalue weighted by atomic mass is 10.1. The second kappa shape index (κ2) is 7.59. The van der Waals surface area contributed by atoms with Gasteiger partial charge in [0, 0.05) is 31.7 Å². The summed E-state index contributed by atoms with van der Waals surface area (Å²) in [6.45, 7) is 2.56. The smallest absolute Gasteiger partial charge is 0.299 e. The van der Waals surface area contributed by atoms with Crippen molar-refractivity contribution in [3.8, 4) is 0 Å². The largest absolute Gasteiger partial charge is 0.362 e. The van der Waals surface area contributed by atoms with E-state index in [4.69, 9.17) is 0 Å². The summed E-state index contributed by atoms with van der Waals surface area (Å²) in [5.41, 5.74) is -0.503. The minimum Gasteiger partial charge on any atom is -0.362 e. The molecule has 0 N–H and O–H groups in total. The molecule has 146 valence electrons. The molecule has 9 nitrogen and oxygen atoms in total. The molecule has 0 spiro atoms. The van der Waals surface area contributed by atoms with Gasteiger partial charge in [0.05, 0.1) is 21.5 Å². The predicted molar refractivity (Wildman–Crippen MR) is 98.9 cm³/mol. The first-order chi connectivity index (χ1) is 13.3. The van der Waals surface area contributed by atoms with Crippen LogP contribution in [0.25, 0.3) is 0 Å². The van der Waals surface area contributed by atoms with Crippen LogP contribution in [-0.4, -0.2) is 46.3 Å². The number of carbonyl (C=O) groups is 1. The summed E-state index contributed by atoms with van der Waals surface area (Å²) in [6, 6.07) is 8.86. The van der Waals surface area contributed by atoms with Crippen molar-refractivity contribution in [1.29, 1.82) is 0 Å². The zero-order valence-corrected chi connectivity index (χ0v) is 14.9. The highest BCUT2D eigenvalue weighted by Gasteiger charge is 2.32. The Morgan fingerprint density at radius 3 is 2.43 bits per heavy atom. The van der Waals surface area contributed by atoms with Gasteiger partial charge in [-0.25, -0.2) is 4.39 Å². The van der Waals surface area contributed by atoms with Crippen molar-refractivity contribution in [3.05, 3.63) is 74.1 Å². The van der Waals surface area contributed by atoms with Crippen molar-refractivity contribution in [2.45, 2.75) is 13.0 Å². The number of non-ortho nitro benzene ring substituents is 1. The second-order valence-electron chi connectivity index (χ2n) is 6.46. The number of anilines is 1. The quantitative estimate of drug-likeness (QED) is 0.588. The van der Waals surface area contributed by atoms with Crippen LogP contribution < -0.4 is 4.90 Å². The van der Waals surface area contributed by atoms with Crippen molar-refractivity contribution in [2.24, 2.45) is 0 Å². The first-order valence-electron chi connectivity index (χ1n) is 8.53. The number of piperazine rings is 1. The molecule has 0 unspecified atom stereocenters. The van der Waals surface area contributed by atoms with Crippen molar-refractivity contribution in [1.82, 2.24) is 4.90 Å². The molecule has 0 aromatic heterocycles. The Balaban J connectivity index is 1.82. The lowest BCUT2D eigenvalue weighted by Gasteiger charge is -2.40. The average Bonchev–Trinajstić information content (AvgIpc) is 2.67. The number of nitro benzene ring substituents is 2. The van der Waals surface area contributed by atoms with Gasteiger partial charge in [0.1, 0.15) is 11.5 Å². The molecule has 10 heteroatoms. The Kier molecular flexibility index (Phi) is 5.21. The zero-order chi connectivity index (χ0) is 20.4. The highest BCUT2D eigenvalue weighted by molar-refractivity contribution is 5.95. The van der Waals surface area contributed by atoms with Gasteiger partial charge in [-0.15, -0.1) is 0 Å². The Hall–Kier alpha value is -3.56. The summed E-state index contributed by atoms with van der Waals surface area (Å²) >= 11 is 0. The first-order valence-corrected chi connectivity index (χ1v) is 8.53. The van der Waals surface area contributed by atoms with Gasteiger partial charge in [-0.3, -0.25) is 25.0 Å². The van der Waals surface area contributed by atoms with Crippen LogP contribution >= 0.6 is 0 Å². The SMILES string of the molecule is C[C@@H]1CN(c2ccc([N+](=O)[O-])cc2[N+](=O)[O-])CCN1C(=O)c1ccccc1F.